The molecule has 2 aromatic heterocycles. The van der Waals surface area contributed by atoms with Crippen LogP contribution in [-0.4, -0.2) is 14.8 Å². The molecule has 2 heterocycles. The Balaban J connectivity index is 2.27. The molecule has 0 aliphatic carbocycles. The van der Waals surface area contributed by atoms with Gasteiger partial charge in [-0.25, -0.2) is 9.67 Å². The number of nitrogen functional groups attached to an aromatic ring is 1. The van der Waals surface area contributed by atoms with E-state index < -0.39 is 0 Å². The van der Waals surface area contributed by atoms with Gasteiger partial charge in [-0.05, 0) is 12.1 Å². The minimum Gasteiger partial charge on any atom is -0.395 e. The number of anilines is 1. The lowest BCUT2D eigenvalue weighted by molar-refractivity contribution is 0.884. The molecule has 1 aromatic carbocycles. The van der Waals surface area contributed by atoms with Crippen LogP contribution in [0.5, 0.6) is 0 Å². The first kappa shape index (κ1) is 9.62. The van der Waals surface area contributed by atoms with E-state index in [-0.39, 0.29) is 0 Å². The number of nitrogens with zero attached hydrogens (tertiary/aromatic N) is 3. The molecule has 0 radical (unpaired) electrons. The Hall–Kier alpha value is -1.59. The van der Waals surface area contributed by atoms with Crippen molar-refractivity contribution in [1.82, 2.24) is 14.8 Å². The molecule has 0 spiro atoms. The summed E-state index contributed by atoms with van der Waals surface area (Å²) in [5.41, 5.74) is 10.1. The van der Waals surface area contributed by atoms with E-state index in [1.807, 2.05) is 12.1 Å². The fraction of sp³-hybridized carbons (Fsp3) is 0. The molecule has 0 saturated carbocycles. The predicted octanol–water partition coefficient (Wildman–Crippen LogP) is 2.72. The van der Waals surface area contributed by atoms with Gasteiger partial charge in [-0.1, -0.05) is 11.6 Å². The second-order valence-corrected chi connectivity index (χ2v) is 4.62. The maximum atomic E-state index is 6.04. The van der Waals surface area contributed by atoms with Crippen molar-refractivity contribution in [2.24, 2.45) is 0 Å². The zero-order valence-electron chi connectivity index (χ0n) is 8.09. The van der Waals surface area contributed by atoms with E-state index in [2.05, 4.69) is 10.1 Å². The summed E-state index contributed by atoms with van der Waals surface area (Å²) in [5.74, 6) is 0. The molecule has 0 aliphatic heterocycles. The van der Waals surface area contributed by atoms with Crippen LogP contribution in [0.2, 0.25) is 5.02 Å². The Morgan fingerprint density at radius 2 is 2.25 bits per heavy atom. The lowest BCUT2D eigenvalue weighted by Gasteiger charge is -2.05. The van der Waals surface area contributed by atoms with Crippen LogP contribution in [0.1, 0.15) is 0 Å². The highest BCUT2D eigenvalue weighted by Crippen LogP contribution is 2.28. The number of rotatable bonds is 1. The topological polar surface area (TPSA) is 56.7 Å². The first-order valence-electron chi connectivity index (χ1n) is 4.58. The van der Waals surface area contributed by atoms with E-state index in [1.165, 1.54) is 0 Å². The molecule has 16 heavy (non-hydrogen) atoms. The van der Waals surface area contributed by atoms with Crippen LogP contribution in [0, 0.1) is 0 Å². The Morgan fingerprint density at radius 1 is 1.38 bits per heavy atom. The van der Waals surface area contributed by atoms with Crippen molar-refractivity contribution in [1.29, 1.82) is 0 Å². The Bertz CT molecular complexity index is 658. The summed E-state index contributed by atoms with van der Waals surface area (Å²) in [5, 5.41) is 4.70. The highest BCUT2D eigenvalue weighted by atomic mass is 35.5. The SMILES string of the molecule is Nc1c(-n2cc(Cl)cn2)ccc2scnc12. The molecule has 3 aromatic rings. The molecule has 3 rings (SSSR count). The summed E-state index contributed by atoms with van der Waals surface area (Å²) in [4.78, 5) is 4.23. The Labute approximate surface area is 100 Å². The van der Waals surface area contributed by atoms with Crippen LogP contribution < -0.4 is 5.73 Å². The second-order valence-electron chi connectivity index (χ2n) is 3.30. The molecule has 0 fully saturated rings. The fourth-order valence-electron chi connectivity index (χ4n) is 1.57. The fourth-order valence-corrected chi connectivity index (χ4v) is 2.40. The van der Waals surface area contributed by atoms with Gasteiger partial charge in [0.15, 0.2) is 0 Å². The number of hydrogen-bond donors (Lipinski definition) is 1. The van der Waals surface area contributed by atoms with Gasteiger partial charge in [0.2, 0.25) is 0 Å². The van der Waals surface area contributed by atoms with Gasteiger partial charge in [0.05, 0.1) is 32.8 Å². The third-order valence-corrected chi connectivity index (χ3v) is 3.31. The largest absolute Gasteiger partial charge is 0.395 e. The van der Waals surface area contributed by atoms with E-state index in [4.69, 9.17) is 17.3 Å². The van der Waals surface area contributed by atoms with Gasteiger partial charge < -0.3 is 5.73 Å². The van der Waals surface area contributed by atoms with E-state index in [1.54, 1.807) is 33.9 Å². The Kier molecular flexibility index (Phi) is 2.08. The highest BCUT2D eigenvalue weighted by molar-refractivity contribution is 7.16. The van der Waals surface area contributed by atoms with Gasteiger partial charge >= 0.3 is 0 Å². The number of aromatic nitrogens is 3. The summed E-state index contributed by atoms with van der Waals surface area (Å²) in [6.45, 7) is 0. The number of fused-ring (bicyclic) bond motifs is 1. The van der Waals surface area contributed by atoms with Gasteiger partial charge in [-0.3, -0.25) is 0 Å². The number of halogens is 1. The first-order valence-corrected chi connectivity index (χ1v) is 5.83. The minimum absolute atomic E-state index is 0.581. The van der Waals surface area contributed by atoms with Crippen molar-refractivity contribution in [3.63, 3.8) is 0 Å². The summed E-state index contributed by atoms with van der Waals surface area (Å²) in [6, 6.07) is 3.90. The highest BCUT2D eigenvalue weighted by Gasteiger charge is 2.09. The van der Waals surface area contributed by atoms with E-state index in [9.17, 15) is 0 Å². The van der Waals surface area contributed by atoms with Crippen molar-refractivity contribution >= 4 is 38.8 Å². The minimum atomic E-state index is 0.581. The van der Waals surface area contributed by atoms with Gasteiger partial charge in [0, 0.05) is 6.20 Å². The second kappa shape index (κ2) is 3.47. The summed E-state index contributed by atoms with van der Waals surface area (Å²) >= 11 is 7.39. The average molecular weight is 251 g/mol. The van der Waals surface area contributed by atoms with E-state index in [0.717, 1.165) is 15.9 Å². The zero-order chi connectivity index (χ0) is 11.1. The zero-order valence-corrected chi connectivity index (χ0v) is 9.66. The number of hydrogen-bond acceptors (Lipinski definition) is 4. The van der Waals surface area contributed by atoms with Crippen LogP contribution in [0.25, 0.3) is 15.9 Å². The number of nitrogens with two attached hydrogens (primary N) is 1. The van der Waals surface area contributed by atoms with Crippen molar-refractivity contribution in [2.75, 3.05) is 5.73 Å². The van der Waals surface area contributed by atoms with Crippen LogP contribution >= 0.6 is 22.9 Å². The quantitative estimate of drug-likeness (QED) is 0.676. The molecule has 0 atom stereocenters. The molecule has 0 aliphatic rings. The molecule has 4 nitrogen and oxygen atoms in total. The molecule has 80 valence electrons. The smallest absolute Gasteiger partial charge is 0.106 e. The van der Waals surface area contributed by atoms with Gasteiger partial charge in [-0.15, -0.1) is 11.3 Å². The molecule has 0 amide bonds. The standard InChI is InChI=1S/C10H7ClN4S/c11-6-3-14-15(4-6)7-1-2-8-10(9(7)12)13-5-16-8/h1-5H,12H2. The van der Waals surface area contributed by atoms with Crippen molar-refractivity contribution in [2.45, 2.75) is 0 Å². The molecular formula is C10H7ClN4S. The van der Waals surface area contributed by atoms with Crippen LogP contribution in [0.4, 0.5) is 5.69 Å². The van der Waals surface area contributed by atoms with Crippen LogP contribution in [-0.2, 0) is 0 Å². The molecular weight excluding hydrogens is 244 g/mol. The average Bonchev–Trinajstić information content (AvgIpc) is 2.87. The summed E-state index contributed by atoms with van der Waals surface area (Å²) < 4.78 is 2.72. The van der Waals surface area contributed by atoms with E-state index >= 15 is 0 Å². The predicted molar refractivity (Wildman–Crippen MR) is 66.2 cm³/mol. The van der Waals surface area contributed by atoms with Gasteiger partial charge in [-0.2, -0.15) is 5.10 Å². The third kappa shape index (κ3) is 1.36. The molecule has 0 bridgehead atoms. The van der Waals surface area contributed by atoms with Crippen molar-refractivity contribution in [3.8, 4) is 5.69 Å². The third-order valence-electron chi connectivity index (χ3n) is 2.32. The lowest BCUT2D eigenvalue weighted by atomic mass is 10.2. The first-order chi connectivity index (χ1) is 7.75. The normalized spacial score (nSPS) is 11.1. The van der Waals surface area contributed by atoms with Crippen LogP contribution in [0.15, 0.2) is 30.0 Å². The monoisotopic (exact) mass is 250 g/mol. The molecule has 6 heteroatoms. The summed E-state index contributed by atoms with van der Waals surface area (Å²) in [6.07, 6.45) is 3.29. The number of thiazole rings is 1. The maximum absolute atomic E-state index is 6.04. The number of benzene rings is 1. The van der Waals surface area contributed by atoms with Crippen molar-refractivity contribution in [3.05, 3.63) is 35.1 Å². The van der Waals surface area contributed by atoms with E-state index in [0.29, 0.717) is 10.7 Å². The van der Waals surface area contributed by atoms with Crippen molar-refractivity contribution < 1.29 is 0 Å². The molecule has 2 N–H and O–H groups in total. The molecule has 0 saturated heterocycles. The summed E-state index contributed by atoms with van der Waals surface area (Å²) in [7, 11) is 0. The maximum Gasteiger partial charge on any atom is 0.106 e. The Morgan fingerprint density at radius 3 is 3.00 bits per heavy atom. The van der Waals surface area contributed by atoms with Gasteiger partial charge in [0.1, 0.15) is 5.52 Å². The molecule has 0 unspecified atom stereocenters. The lowest BCUT2D eigenvalue weighted by Crippen LogP contribution is -2.00. The van der Waals surface area contributed by atoms with Crippen LogP contribution in [0.3, 0.4) is 0 Å². The van der Waals surface area contributed by atoms with Gasteiger partial charge in [0.25, 0.3) is 0 Å².